The Morgan fingerprint density at radius 2 is 1.90 bits per heavy atom. The van der Waals surface area contributed by atoms with E-state index in [1.807, 2.05) is 4.72 Å². The van der Waals surface area contributed by atoms with Gasteiger partial charge in [-0.1, -0.05) is 0 Å². The zero-order valence-corrected chi connectivity index (χ0v) is 12.2. The van der Waals surface area contributed by atoms with Crippen molar-refractivity contribution in [3.63, 3.8) is 0 Å². The highest BCUT2D eigenvalue weighted by molar-refractivity contribution is 7.94. The van der Waals surface area contributed by atoms with Crippen LogP contribution in [0.2, 0.25) is 0 Å². The molecule has 0 unspecified atom stereocenters. The van der Waals surface area contributed by atoms with Crippen LogP contribution in [0.4, 0.5) is 18.9 Å². The lowest BCUT2D eigenvalue weighted by Gasteiger charge is -2.08. The standard InChI is InChI=1S/C12H11F3N2O2S2/c13-7-5-9(14)12(15)10(6-7)17-21(18,19)11-2-1-8(20-11)3-4-16/h1-2,5-6,17H,3-4,16H2. The van der Waals surface area contributed by atoms with Crippen LogP contribution in [0, 0.1) is 17.5 Å². The van der Waals surface area contributed by atoms with Gasteiger partial charge in [-0.15, -0.1) is 11.3 Å². The summed E-state index contributed by atoms with van der Waals surface area (Å²) in [6, 6.07) is 3.81. The van der Waals surface area contributed by atoms with Crippen LogP contribution in [0.1, 0.15) is 4.88 Å². The van der Waals surface area contributed by atoms with Crippen LogP contribution in [-0.2, 0) is 16.4 Å². The van der Waals surface area contributed by atoms with Crippen LogP contribution in [-0.4, -0.2) is 15.0 Å². The van der Waals surface area contributed by atoms with Gasteiger partial charge in [0.1, 0.15) is 10.0 Å². The van der Waals surface area contributed by atoms with E-state index in [4.69, 9.17) is 5.73 Å². The van der Waals surface area contributed by atoms with Crippen molar-refractivity contribution in [2.24, 2.45) is 5.73 Å². The maximum Gasteiger partial charge on any atom is 0.271 e. The number of hydrogen-bond donors (Lipinski definition) is 2. The molecule has 1 aromatic heterocycles. The molecule has 114 valence electrons. The van der Waals surface area contributed by atoms with Gasteiger partial charge < -0.3 is 5.73 Å². The summed E-state index contributed by atoms with van der Waals surface area (Å²) in [4.78, 5) is 0.740. The Morgan fingerprint density at radius 1 is 1.19 bits per heavy atom. The second-order valence-electron chi connectivity index (χ2n) is 4.11. The van der Waals surface area contributed by atoms with Gasteiger partial charge in [-0.3, -0.25) is 4.72 Å². The molecule has 0 atom stereocenters. The molecule has 2 rings (SSSR count). The number of rotatable bonds is 5. The second kappa shape index (κ2) is 6.04. The van der Waals surface area contributed by atoms with E-state index in [0.717, 1.165) is 16.2 Å². The Morgan fingerprint density at radius 3 is 2.57 bits per heavy atom. The summed E-state index contributed by atoms with van der Waals surface area (Å²) >= 11 is 0.957. The molecule has 0 aliphatic rings. The van der Waals surface area contributed by atoms with E-state index in [0.29, 0.717) is 25.1 Å². The van der Waals surface area contributed by atoms with E-state index < -0.39 is 33.2 Å². The fraction of sp³-hybridized carbons (Fsp3) is 0.167. The number of benzene rings is 1. The zero-order chi connectivity index (χ0) is 15.6. The second-order valence-corrected chi connectivity index (χ2v) is 7.19. The minimum atomic E-state index is -4.11. The lowest BCUT2D eigenvalue weighted by Crippen LogP contribution is -2.13. The zero-order valence-electron chi connectivity index (χ0n) is 10.6. The van der Waals surface area contributed by atoms with Gasteiger partial charge in [0, 0.05) is 17.0 Å². The molecule has 0 saturated carbocycles. The highest BCUT2D eigenvalue weighted by Crippen LogP contribution is 2.26. The monoisotopic (exact) mass is 336 g/mol. The maximum absolute atomic E-state index is 13.5. The first-order chi connectivity index (χ1) is 9.83. The van der Waals surface area contributed by atoms with E-state index in [1.165, 1.54) is 6.07 Å². The first-order valence-corrected chi connectivity index (χ1v) is 8.09. The summed E-state index contributed by atoms with van der Waals surface area (Å²) in [5, 5.41) is 0. The number of nitrogens with one attached hydrogen (secondary N) is 1. The number of nitrogens with two attached hydrogens (primary N) is 1. The summed E-state index contributed by atoms with van der Waals surface area (Å²) in [5.41, 5.74) is 4.59. The molecule has 0 aliphatic carbocycles. The van der Waals surface area contributed by atoms with Crippen LogP contribution in [0.3, 0.4) is 0 Å². The van der Waals surface area contributed by atoms with Crippen molar-refractivity contribution in [1.82, 2.24) is 0 Å². The fourth-order valence-electron chi connectivity index (χ4n) is 1.60. The van der Waals surface area contributed by atoms with Crippen LogP contribution in [0.15, 0.2) is 28.5 Å². The van der Waals surface area contributed by atoms with Crippen molar-refractivity contribution < 1.29 is 21.6 Å². The van der Waals surface area contributed by atoms with E-state index >= 15 is 0 Å². The Labute approximate surface area is 123 Å². The maximum atomic E-state index is 13.5. The number of anilines is 1. The average Bonchev–Trinajstić information content (AvgIpc) is 2.85. The molecule has 0 aliphatic heterocycles. The Balaban J connectivity index is 2.33. The molecule has 0 radical (unpaired) electrons. The normalized spacial score (nSPS) is 11.6. The molecule has 4 nitrogen and oxygen atoms in total. The SMILES string of the molecule is NCCc1ccc(S(=O)(=O)Nc2cc(F)cc(F)c2F)s1. The van der Waals surface area contributed by atoms with Gasteiger partial charge in [0.05, 0.1) is 5.69 Å². The van der Waals surface area contributed by atoms with Gasteiger partial charge in [0.25, 0.3) is 10.0 Å². The summed E-state index contributed by atoms with van der Waals surface area (Å²) in [7, 11) is -4.11. The molecule has 1 heterocycles. The summed E-state index contributed by atoms with van der Waals surface area (Å²) in [6.45, 7) is 0.358. The van der Waals surface area contributed by atoms with Crippen LogP contribution < -0.4 is 10.5 Å². The largest absolute Gasteiger partial charge is 0.330 e. The lowest BCUT2D eigenvalue weighted by atomic mass is 10.3. The van der Waals surface area contributed by atoms with Gasteiger partial charge in [0.15, 0.2) is 11.6 Å². The summed E-state index contributed by atoms with van der Waals surface area (Å²) in [6.07, 6.45) is 0.503. The van der Waals surface area contributed by atoms with Crippen molar-refractivity contribution in [3.05, 3.63) is 46.6 Å². The molecule has 21 heavy (non-hydrogen) atoms. The first kappa shape index (κ1) is 15.8. The van der Waals surface area contributed by atoms with E-state index in [1.54, 1.807) is 6.07 Å². The van der Waals surface area contributed by atoms with Crippen molar-refractivity contribution >= 4 is 27.0 Å². The van der Waals surface area contributed by atoms with Crippen LogP contribution in [0.5, 0.6) is 0 Å². The molecule has 0 spiro atoms. The van der Waals surface area contributed by atoms with Crippen LogP contribution in [0.25, 0.3) is 0 Å². The van der Waals surface area contributed by atoms with E-state index in [9.17, 15) is 21.6 Å². The minimum absolute atomic E-state index is 0.0879. The molecule has 9 heteroatoms. The van der Waals surface area contributed by atoms with Crippen molar-refractivity contribution in [1.29, 1.82) is 0 Å². The fourth-order valence-corrected chi connectivity index (χ4v) is 4.03. The number of sulfonamides is 1. The van der Waals surface area contributed by atoms with Crippen molar-refractivity contribution in [3.8, 4) is 0 Å². The molecule has 0 bridgehead atoms. The number of halogens is 3. The predicted molar refractivity (Wildman–Crippen MR) is 74.2 cm³/mol. The highest BCUT2D eigenvalue weighted by atomic mass is 32.2. The highest BCUT2D eigenvalue weighted by Gasteiger charge is 2.21. The number of hydrogen-bond acceptors (Lipinski definition) is 4. The first-order valence-electron chi connectivity index (χ1n) is 5.79. The smallest absolute Gasteiger partial charge is 0.271 e. The van der Waals surface area contributed by atoms with E-state index in [2.05, 4.69) is 0 Å². The average molecular weight is 336 g/mol. The van der Waals surface area contributed by atoms with Gasteiger partial charge in [-0.2, -0.15) is 0 Å². The third-order valence-corrected chi connectivity index (χ3v) is 5.53. The third-order valence-electron chi connectivity index (χ3n) is 2.53. The van der Waals surface area contributed by atoms with E-state index in [-0.39, 0.29) is 4.21 Å². The van der Waals surface area contributed by atoms with Gasteiger partial charge in [0.2, 0.25) is 0 Å². The van der Waals surface area contributed by atoms with Gasteiger partial charge in [-0.25, -0.2) is 21.6 Å². The Kier molecular flexibility index (Phi) is 4.55. The predicted octanol–water partition coefficient (Wildman–Crippen LogP) is 2.47. The third kappa shape index (κ3) is 3.55. The lowest BCUT2D eigenvalue weighted by molar-refractivity contribution is 0.498. The van der Waals surface area contributed by atoms with Crippen molar-refractivity contribution in [2.45, 2.75) is 10.6 Å². The number of thiophene rings is 1. The van der Waals surface area contributed by atoms with Crippen molar-refractivity contribution in [2.75, 3.05) is 11.3 Å². The minimum Gasteiger partial charge on any atom is -0.330 e. The Hall–Kier alpha value is -1.58. The Bertz CT molecular complexity index is 760. The molecular formula is C12H11F3N2O2S2. The molecule has 0 amide bonds. The van der Waals surface area contributed by atoms with Gasteiger partial charge >= 0.3 is 0 Å². The quantitative estimate of drug-likeness (QED) is 0.824. The molecule has 3 N–H and O–H groups in total. The molecule has 0 saturated heterocycles. The van der Waals surface area contributed by atoms with Crippen LogP contribution >= 0.6 is 11.3 Å². The molecule has 1 aromatic carbocycles. The molecule has 2 aromatic rings. The molecular weight excluding hydrogens is 325 g/mol. The van der Waals surface area contributed by atoms with Gasteiger partial charge in [-0.05, 0) is 25.1 Å². The summed E-state index contributed by atoms with van der Waals surface area (Å²) < 4.78 is 65.4. The summed E-state index contributed by atoms with van der Waals surface area (Å²) in [5.74, 6) is -4.01. The topological polar surface area (TPSA) is 72.2 Å². The molecule has 0 fully saturated rings.